The average molecular weight is 611 g/mol. The predicted octanol–water partition coefficient (Wildman–Crippen LogP) is 7.28. The normalized spacial score (nSPS) is 11.0. The van der Waals surface area contributed by atoms with E-state index >= 15 is 0 Å². The minimum absolute atomic E-state index is 0.222. The third-order valence-corrected chi connectivity index (χ3v) is 8.62. The first-order valence-electron chi connectivity index (χ1n) is 12.4. The Hall–Kier alpha value is -3.37. The molecule has 2 aromatic heterocycles. The molecule has 0 aliphatic rings. The van der Waals surface area contributed by atoms with Crippen LogP contribution in [0, 0.1) is 6.92 Å². The number of nitrogens with one attached hydrogen (secondary N) is 1. The Kier molecular flexibility index (Phi) is 9.06. The Balaban J connectivity index is 1.28. The second-order valence-electron chi connectivity index (χ2n) is 8.87. The fourth-order valence-corrected chi connectivity index (χ4v) is 6.22. The lowest BCUT2D eigenvalue weighted by Gasteiger charge is -2.11. The number of carbonyl (C=O) groups is 1. The number of thiazole rings is 1. The highest BCUT2D eigenvalue weighted by Gasteiger charge is 2.18. The lowest BCUT2D eigenvalue weighted by atomic mass is 10.1. The number of methoxy groups -OCH3 is 1. The number of rotatable bonds is 10. The number of halogens is 2. The van der Waals surface area contributed by atoms with Crippen LogP contribution in [-0.4, -0.2) is 39.3 Å². The molecule has 0 fully saturated rings. The molecule has 0 radical (unpaired) electrons. The Morgan fingerprint density at radius 3 is 2.67 bits per heavy atom. The van der Waals surface area contributed by atoms with Gasteiger partial charge in [-0.2, -0.15) is 0 Å². The molecule has 0 spiro atoms. The van der Waals surface area contributed by atoms with Crippen LogP contribution >= 0.6 is 46.3 Å². The van der Waals surface area contributed by atoms with E-state index in [2.05, 4.69) is 51.7 Å². The topological polar surface area (TPSA) is 81.9 Å². The van der Waals surface area contributed by atoms with Gasteiger partial charge in [-0.25, -0.2) is 4.98 Å². The largest absolute Gasteiger partial charge is 0.497 e. The standard InChI is InChI=1S/C29H25Cl2N5O2S2/c1-18-6-10-22(11-7-18)36-27(20-4-3-5-23(14-20)38-2)34-35-29(36)40-17-26-33-25(16-39-26)28(37)32-13-12-19-8-9-21(30)15-24(19)31/h3-11,14-16H,12-13,17H2,1-2H3,(H,32,37). The number of hydrogen-bond acceptors (Lipinski definition) is 7. The van der Waals surface area contributed by atoms with Gasteiger partial charge in [0.1, 0.15) is 16.5 Å². The van der Waals surface area contributed by atoms with Crippen molar-refractivity contribution in [1.82, 2.24) is 25.1 Å². The Bertz CT molecular complexity index is 1640. The molecule has 0 unspecified atom stereocenters. The summed E-state index contributed by atoms with van der Waals surface area (Å²) >= 11 is 15.1. The maximum atomic E-state index is 12.7. The van der Waals surface area contributed by atoms with Crippen molar-refractivity contribution in [2.45, 2.75) is 24.3 Å². The summed E-state index contributed by atoms with van der Waals surface area (Å²) in [5.74, 6) is 1.78. The van der Waals surface area contributed by atoms with E-state index in [0.29, 0.717) is 40.3 Å². The number of aromatic nitrogens is 4. The Morgan fingerprint density at radius 1 is 1.07 bits per heavy atom. The molecule has 204 valence electrons. The highest BCUT2D eigenvalue weighted by molar-refractivity contribution is 7.98. The molecule has 1 N–H and O–H groups in total. The molecule has 0 atom stereocenters. The van der Waals surface area contributed by atoms with Crippen LogP contribution in [0.5, 0.6) is 5.75 Å². The van der Waals surface area contributed by atoms with Crippen LogP contribution in [0.2, 0.25) is 10.0 Å². The monoisotopic (exact) mass is 609 g/mol. The van der Waals surface area contributed by atoms with Crippen LogP contribution in [0.1, 0.15) is 26.6 Å². The van der Waals surface area contributed by atoms with Crippen molar-refractivity contribution in [1.29, 1.82) is 0 Å². The number of amides is 1. The molecule has 2 heterocycles. The number of ether oxygens (including phenoxy) is 1. The van der Waals surface area contributed by atoms with Crippen molar-refractivity contribution in [2.75, 3.05) is 13.7 Å². The first kappa shape index (κ1) is 28.2. The second kappa shape index (κ2) is 12.9. The van der Waals surface area contributed by atoms with E-state index in [1.165, 1.54) is 28.7 Å². The lowest BCUT2D eigenvalue weighted by Crippen LogP contribution is -2.26. The van der Waals surface area contributed by atoms with Crippen molar-refractivity contribution in [3.63, 3.8) is 0 Å². The molecule has 5 rings (SSSR count). The van der Waals surface area contributed by atoms with Crippen molar-refractivity contribution in [3.05, 3.63) is 104 Å². The third-order valence-electron chi connectivity index (χ3n) is 6.06. The van der Waals surface area contributed by atoms with Gasteiger partial charge in [0, 0.05) is 33.2 Å². The molecule has 1 amide bonds. The Morgan fingerprint density at radius 2 is 1.90 bits per heavy atom. The maximum Gasteiger partial charge on any atom is 0.270 e. The average Bonchev–Trinajstić information content (AvgIpc) is 3.61. The zero-order valence-electron chi connectivity index (χ0n) is 21.7. The fraction of sp³-hybridized carbons (Fsp3) is 0.172. The second-order valence-corrected chi connectivity index (χ2v) is 11.6. The summed E-state index contributed by atoms with van der Waals surface area (Å²) in [4.78, 5) is 17.2. The summed E-state index contributed by atoms with van der Waals surface area (Å²) in [5, 5.41) is 16.4. The minimum atomic E-state index is -0.222. The summed E-state index contributed by atoms with van der Waals surface area (Å²) in [7, 11) is 1.64. The van der Waals surface area contributed by atoms with E-state index in [1.807, 2.05) is 34.9 Å². The smallest absolute Gasteiger partial charge is 0.270 e. The predicted molar refractivity (Wildman–Crippen MR) is 162 cm³/mol. The number of hydrogen-bond donors (Lipinski definition) is 1. The van der Waals surface area contributed by atoms with E-state index in [-0.39, 0.29) is 5.91 Å². The molecule has 11 heteroatoms. The van der Waals surface area contributed by atoms with Crippen molar-refractivity contribution in [3.8, 4) is 22.8 Å². The van der Waals surface area contributed by atoms with Gasteiger partial charge >= 0.3 is 0 Å². The molecule has 3 aromatic carbocycles. The lowest BCUT2D eigenvalue weighted by molar-refractivity contribution is 0.0949. The molecule has 0 saturated heterocycles. The van der Waals surface area contributed by atoms with Crippen LogP contribution in [-0.2, 0) is 12.2 Å². The molecular weight excluding hydrogens is 585 g/mol. The van der Waals surface area contributed by atoms with E-state index in [0.717, 1.165) is 32.7 Å². The molecule has 5 aromatic rings. The number of aryl methyl sites for hydroxylation is 1. The minimum Gasteiger partial charge on any atom is -0.497 e. The SMILES string of the molecule is COc1cccc(-c2nnc(SCc3nc(C(=O)NCCc4ccc(Cl)cc4Cl)cs3)n2-c2ccc(C)cc2)c1. The van der Waals surface area contributed by atoms with Gasteiger partial charge in [-0.1, -0.05) is 70.9 Å². The van der Waals surface area contributed by atoms with Crippen molar-refractivity contribution >= 4 is 52.2 Å². The van der Waals surface area contributed by atoms with Gasteiger partial charge in [0.15, 0.2) is 11.0 Å². The van der Waals surface area contributed by atoms with Crippen LogP contribution < -0.4 is 10.1 Å². The van der Waals surface area contributed by atoms with E-state index < -0.39 is 0 Å². The van der Waals surface area contributed by atoms with Gasteiger partial charge < -0.3 is 10.1 Å². The van der Waals surface area contributed by atoms with E-state index in [4.69, 9.17) is 27.9 Å². The highest BCUT2D eigenvalue weighted by atomic mass is 35.5. The van der Waals surface area contributed by atoms with Gasteiger partial charge in [0.25, 0.3) is 5.91 Å². The summed E-state index contributed by atoms with van der Waals surface area (Å²) in [6.07, 6.45) is 0.596. The first-order valence-corrected chi connectivity index (χ1v) is 15.0. The summed E-state index contributed by atoms with van der Waals surface area (Å²) in [6.45, 7) is 2.49. The molecule has 0 saturated carbocycles. The molecule has 7 nitrogen and oxygen atoms in total. The number of thioether (sulfide) groups is 1. The van der Waals surface area contributed by atoms with Crippen LogP contribution in [0.15, 0.2) is 77.3 Å². The van der Waals surface area contributed by atoms with Crippen LogP contribution in [0.25, 0.3) is 17.1 Å². The number of nitrogens with zero attached hydrogens (tertiary/aromatic N) is 4. The van der Waals surface area contributed by atoms with Gasteiger partial charge in [-0.15, -0.1) is 21.5 Å². The first-order chi connectivity index (χ1) is 19.4. The summed E-state index contributed by atoms with van der Waals surface area (Å²) in [6, 6.07) is 21.3. The van der Waals surface area contributed by atoms with Crippen molar-refractivity contribution in [2.24, 2.45) is 0 Å². The van der Waals surface area contributed by atoms with Gasteiger partial charge in [-0.3, -0.25) is 9.36 Å². The summed E-state index contributed by atoms with van der Waals surface area (Å²) in [5.41, 5.74) is 4.33. The van der Waals surface area contributed by atoms with Gasteiger partial charge in [0.2, 0.25) is 0 Å². The maximum absolute atomic E-state index is 12.7. The molecular formula is C29H25Cl2N5O2S2. The quantitative estimate of drug-likeness (QED) is 0.168. The van der Waals surface area contributed by atoms with E-state index in [1.54, 1.807) is 24.6 Å². The Labute approximate surface area is 250 Å². The zero-order valence-corrected chi connectivity index (χ0v) is 24.9. The number of carbonyl (C=O) groups excluding carboxylic acids is 1. The highest BCUT2D eigenvalue weighted by Crippen LogP contribution is 2.32. The third kappa shape index (κ3) is 6.67. The van der Waals surface area contributed by atoms with Gasteiger partial charge in [-0.05, 0) is 55.3 Å². The number of benzene rings is 3. The molecule has 0 aliphatic heterocycles. The zero-order chi connectivity index (χ0) is 28.1. The van der Waals surface area contributed by atoms with Gasteiger partial charge in [0.05, 0.1) is 12.9 Å². The molecule has 0 bridgehead atoms. The van der Waals surface area contributed by atoms with Crippen LogP contribution in [0.4, 0.5) is 0 Å². The van der Waals surface area contributed by atoms with Crippen molar-refractivity contribution < 1.29 is 9.53 Å². The fourth-order valence-electron chi connectivity index (χ4n) is 3.97. The molecule has 0 aliphatic carbocycles. The van der Waals surface area contributed by atoms with E-state index in [9.17, 15) is 4.79 Å². The molecule has 40 heavy (non-hydrogen) atoms. The summed E-state index contributed by atoms with van der Waals surface area (Å²) < 4.78 is 7.44. The van der Waals surface area contributed by atoms with Crippen LogP contribution in [0.3, 0.4) is 0 Å².